The number of carboxylic acids is 1. The summed E-state index contributed by atoms with van der Waals surface area (Å²) >= 11 is 0. The third-order valence-corrected chi connectivity index (χ3v) is 6.19. The van der Waals surface area contributed by atoms with Crippen LogP contribution >= 0.6 is 0 Å². The van der Waals surface area contributed by atoms with Crippen molar-refractivity contribution < 1.29 is 14.4 Å². The average Bonchev–Trinajstić information content (AvgIpc) is 3.11. The van der Waals surface area contributed by atoms with E-state index in [9.17, 15) is 9.90 Å². The van der Waals surface area contributed by atoms with E-state index in [4.69, 9.17) is 5.73 Å². The van der Waals surface area contributed by atoms with Gasteiger partial charge in [0.25, 0.3) is 0 Å². The molecular formula is C26H47N3O2. The molecule has 1 heterocycles. The van der Waals surface area contributed by atoms with Crippen molar-refractivity contribution in [2.75, 3.05) is 19.6 Å². The lowest BCUT2D eigenvalue weighted by Gasteiger charge is -2.32. The molecule has 31 heavy (non-hydrogen) atoms. The first-order valence-electron chi connectivity index (χ1n) is 12.8. The molecule has 1 aliphatic heterocycles. The van der Waals surface area contributed by atoms with Crippen LogP contribution in [-0.4, -0.2) is 35.9 Å². The molecule has 1 aliphatic rings. The normalized spacial score (nSPS) is 18.2. The highest BCUT2D eigenvalue weighted by atomic mass is 16.4. The standard InChI is InChI=1S/C26H47N3O2/c1-2-3-4-5-6-7-8-9-10-11-12-13-14-15-16-17-18-19-25-28-21-23-29(25,22-20-27)24-26(30)31/h15-16,21,23H,2-14,17-20,22,24,27H2,1H3/b16-15+. The molecule has 0 aromatic heterocycles. The van der Waals surface area contributed by atoms with E-state index in [0.717, 1.165) is 31.5 Å². The molecule has 5 heteroatoms. The number of nitrogens with two attached hydrogens (primary N) is 1. The van der Waals surface area contributed by atoms with Gasteiger partial charge in [-0.05, 0) is 25.7 Å². The van der Waals surface area contributed by atoms with Gasteiger partial charge in [0.15, 0.2) is 0 Å². The van der Waals surface area contributed by atoms with Crippen molar-refractivity contribution in [2.45, 2.75) is 110 Å². The Kier molecular flexibility index (Phi) is 16.1. The Labute approximate surface area is 191 Å². The molecule has 0 spiro atoms. The number of nitrogens with zero attached hydrogens (tertiary/aromatic N) is 2. The van der Waals surface area contributed by atoms with E-state index in [-0.39, 0.29) is 11.0 Å². The van der Waals surface area contributed by atoms with Gasteiger partial charge in [-0.25, -0.2) is 9.48 Å². The lowest BCUT2D eigenvalue weighted by molar-refractivity contribution is -0.780. The molecule has 0 fully saturated rings. The number of aliphatic carboxylic acids is 1. The van der Waals surface area contributed by atoms with Gasteiger partial charge in [-0.15, -0.1) is 0 Å². The Bertz CT molecular complexity index is 557. The lowest BCUT2D eigenvalue weighted by Crippen LogP contribution is -2.55. The summed E-state index contributed by atoms with van der Waals surface area (Å²) in [6.45, 7) is 3.17. The van der Waals surface area contributed by atoms with Crippen molar-refractivity contribution in [3.63, 3.8) is 0 Å². The molecule has 1 atom stereocenters. The van der Waals surface area contributed by atoms with E-state index in [1.54, 1.807) is 6.20 Å². The number of carbonyl (C=O) groups is 1. The number of carboxylic acid groups (broad SMARTS) is 1. The number of unbranched alkanes of at least 4 members (excludes halogenated alkanes) is 13. The van der Waals surface area contributed by atoms with Crippen molar-refractivity contribution >= 4 is 11.8 Å². The van der Waals surface area contributed by atoms with Crippen LogP contribution in [-0.2, 0) is 4.79 Å². The second kappa shape index (κ2) is 18.1. The fourth-order valence-electron chi connectivity index (χ4n) is 4.34. The minimum absolute atomic E-state index is 0.0820. The van der Waals surface area contributed by atoms with E-state index in [2.05, 4.69) is 24.1 Å². The molecule has 0 aromatic rings. The van der Waals surface area contributed by atoms with Gasteiger partial charge in [-0.1, -0.05) is 89.7 Å². The Morgan fingerprint density at radius 1 is 0.935 bits per heavy atom. The van der Waals surface area contributed by atoms with Crippen LogP contribution in [0.15, 0.2) is 29.5 Å². The average molecular weight is 434 g/mol. The van der Waals surface area contributed by atoms with Gasteiger partial charge < -0.3 is 15.6 Å². The van der Waals surface area contributed by atoms with E-state index in [1.165, 1.54) is 77.0 Å². The predicted octanol–water partition coefficient (Wildman–Crippen LogP) is 5.21. The third-order valence-electron chi connectivity index (χ3n) is 6.19. The highest BCUT2D eigenvalue weighted by Gasteiger charge is 2.34. The molecular weight excluding hydrogens is 386 g/mol. The second-order valence-corrected chi connectivity index (χ2v) is 8.96. The van der Waals surface area contributed by atoms with Crippen LogP contribution in [0.2, 0.25) is 0 Å². The van der Waals surface area contributed by atoms with E-state index in [1.807, 2.05) is 6.20 Å². The number of hydrogen-bond acceptors (Lipinski definition) is 4. The monoisotopic (exact) mass is 433 g/mol. The zero-order chi connectivity index (χ0) is 22.6. The second-order valence-electron chi connectivity index (χ2n) is 8.96. The molecule has 0 aromatic carbocycles. The van der Waals surface area contributed by atoms with Crippen LogP contribution in [0.5, 0.6) is 0 Å². The third kappa shape index (κ3) is 12.9. The van der Waals surface area contributed by atoms with E-state index >= 15 is 0 Å². The molecule has 0 radical (unpaired) electrons. The van der Waals surface area contributed by atoms with Crippen LogP contribution in [0.1, 0.15) is 110 Å². The number of quaternary nitrogens is 1. The maximum Gasteiger partial charge on any atom is 0.207 e. The Morgan fingerprint density at radius 3 is 2.03 bits per heavy atom. The molecule has 0 saturated carbocycles. The van der Waals surface area contributed by atoms with Crippen molar-refractivity contribution in [1.29, 1.82) is 0 Å². The summed E-state index contributed by atoms with van der Waals surface area (Å²) in [4.78, 5) is 15.6. The smallest absolute Gasteiger partial charge is 0.207 e. The highest BCUT2D eigenvalue weighted by Crippen LogP contribution is 2.20. The molecule has 0 amide bonds. The molecule has 1 unspecified atom stereocenters. The number of aliphatic imine (C=N–C) groups is 1. The molecule has 178 valence electrons. The quantitative estimate of drug-likeness (QED) is 0.153. The van der Waals surface area contributed by atoms with E-state index in [0.29, 0.717) is 13.1 Å². The topological polar surface area (TPSA) is 78.5 Å². The number of carbonyl (C=O) groups excluding carboxylic acids is 1. The number of allylic oxidation sites excluding steroid dienone is 2. The molecule has 0 bridgehead atoms. The number of hydrogen-bond donors (Lipinski definition) is 1. The summed E-state index contributed by atoms with van der Waals surface area (Å²) in [6.07, 6.45) is 28.7. The summed E-state index contributed by atoms with van der Waals surface area (Å²) in [6, 6.07) is 0. The van der Waals surface area contributed by atoms with Crippen molar-refractivity contribution in [1.82, 2.24) is 0 Å². The van der Waals surface area contributed by atoms with Crippen LogP contribution in [0.4, 0.5) is 0 Å². The van der Waals surface area contributed by atoms with Gasteiger partial charge in [0.05, 0.1) is 12.2 Å². The summed E-state index contributed by atoms with van der Waals surface area (Å²) < 4.78 is 0.224. The van der Waals surface area contributed by atoms with Crippen LogP contribution in [0, 0.1) is 0 Å². The first-order chi connectivity index (χ1) is 15.1. The van der Waals surface area contributed by atoms with Crippen LogP contribution in [0.25, 0.3) is 0 Å². The van der Waals surface area contributed by atoms with Crippen molar-refractivity contribution in [2.24, 2.45) is 10.7 Å². The predicted molar refractivity (Wildman–Crippen MR) is 129 cm³/mol. The minimum atomic E-state index is -1.06. The molecule has 0 saturated heterocycles. The maximum atomic E-state index is 11.1. The summed E-state index contributed by atoms with van der Waals surface area (Å²) in [5, 5.41) is 11.1. The zero-order valence-corrected chi connectivity index (χ0v) is 20.0. The number of rotatable bonds is 21. The van der Waals surface area contributed by atoms with Gasteiger partial charge in [0.2, 0.25) is 5.84 Å². The molecule has 2 N–H and O–H groups in total. The fraction of sp³-hybridized carbons (Fsp3) is 0.769. The lowest BCUT2D eigenvalue weighted by atomic mass is 10.0. The van der Waals surface area contributed by atoms with Crippen molar-refractivity contribution in [3.05, 3.63) is 24.6 Å². The Hall–Kier alpha value is -1.46. The maximum absolute atomic E-state index is 11.1. The van der Waals surface area contributed by atoms with Gasteiger partial charge >= 0.3 is 0 Å². The summed E-state index contributed by atoms with van der Waals surface area (Å²) in [5.41, 5.74) is 5.70. The van der Waals surface area contributed by atoms with Gasteiger partial charge in [-0.2, -0.15) is 0 Å². The van der Waals surface area contributed by atoms with E-state index < -0.39 is 5.97 Å². The fourth-order valence-corrected chi connectivity index (χ4v) is 4.34. The Morgan fingerprint density at radius 2 is 1.48 bits per heavy atom. The molecule has 1 rings (SSSR count). The van der Waals surface area contributed by atoms with Gasteiger partial charge in [0.1, 0.15) is 19.3 Å². The first kappa shape index (κ1) is 27.6. The largest absolute Gasteiger partial charge is 0.544 e. The van der Waals surface area contributed by atoms with Crippen molar-refractivity contribution in [3.8, 4) is 0 Å². The van der Waals surface area contributed by atoms with Gasteiger partial charge in [-0.3, -0.25) is 0 Å². The highest BCUT2D eigenvalue weighted by molar-refractivity contribution is 5.80. The van der Waals surface area contributed by atoms with Gasteiger partial charge in [0, 0.05) is 13.0 Å². The summed E-state index contributed by atoms with van der Waals surface area (Å²) in [5.74, 6) is -0.168. The molecule has 0 aliphatic carbocycles. The zero-order valence-electron chi connectivity index (χ0n) is 20.0. The van der Waals surface area contributed by atoms with Crippen LogP contribution in [0.3, 0.4) is 0 Å². The van der Waals surface area contributed by atoms with Crippen LogP contribution < -0.4 is 10.8 Å². The first-order valence-corrected chi connectivity index (χ1v) is 12.8. The number of amidine groups is 1. The SMILES string of the molecule is CCCCCCCCCCCCCC/C=C/CCCC1=NC=C[N+]1(CCN)CC(=O)[O-]. The molecule has 5 nitrogen and oxygen atoms in total. The Balaban J connectivity index is 1.99. The summed E-state index contributed by atoms with van der Waals surface area (Å²) in [7, 11) is 0. The minimum Gasteiger partial charge on any atom is -0.544 e.